The number of carbonyl (C=O) groups is 1. The highest BCUT2D eigenvalue weighted by Crippen LogP contribution is 2.39. The minimum Gasteiger partial charge on any atom is -0.465 e. The van der Waals surface area contributed by atoms with E-state index in [-0.39, 0.29) is 22.9 Å². The van der Waals surface area contributed by atoms with Crippen LogP contribution < -0.4 is 5.73 Å². The van der Waals surface area contributed by atoms with E-state index >= 15 is 0 Å². The van der Waals surface area contributed by atoms with Gasteiger partial charge in [0.15, 0.2) is 0 Å². The molecule has 0 fully saturated rings. The molecular formula is C15H20F3NO3. The SMILES string of the molecule is CCC(OC(C)C)c1cc(C(=O)OC)c(N)cc1C(F)(F)F. The quantitative estimate of drug-likeness (QED) is 0.659. The van der Waals surface area contributed by atoms with Gasteiger partial charge in [0.05, 0.1) is 30.4 Å². The van der Waals surface area contributed by atoms with E-state index in [1.54, 1.807) is 20.8 Å². The molecule has 0 aliphatic carbocycles. The number of esters is 1. The van der Waals surface area contributed by atoms with Crippen molar-refractivity contribution in [2.45, 2.75) is 45.6 Å². The molecule has 1 atom stereocenters. The fourth-order valence-electron chi connectivity index (χ4n) is 2.15. The number of nitrogens with two attached hydrogens (primary N) is 1. The fourth-order valence-corrected chi connectivity index (χ4v) is 2.15. The maximum atomic E-state index is 13.2. The van der Waals surface area contributed by atoms with Gasteiger partial charge >= 0.3 is 12.1 Å². The minimum absolute atomic E-state index is 0.101. The van der Waals surface area contributed by atoms with Gasteiger partial charge < -0.3 is 15.2 Å². The number of alkyl halides is 3. The molecule has 0 aromatic heterocycles. The lowest BCUT2D eigenvalue weighted by atomic mass is 9.96. The molecular weight excluding hydrogens is 299 g/mol. The molecule has 0 heterocycles. The van der Waals surface area contributed by atoms with Gasteiger partial charge in [0.1, 0.15) is 0 Å². The Morgan fingerprint density at radius 2 is 1.91 bits per heavy atom. The van der Waals surface area contributed by atoms with Crippen molar-refractivity contribution in [3.8, 4) is 0 Å². The molecule has 0 spiro atoms. The maximum Gasteiger partial charge on any atom is 0.416 e. The van der Waals surface area contributed by atoms with Crippen LogP contribution in [-0.4, -0.2) is 19.2 Å². The first-order valence-electron chi connectivity index (χ1n) is 6.86. The van der Waals surface area contributed by atoms with Crippen molar-refractivity contribution in [2.75, 3.05) is 12.8 Å². The Balaban J connectivity index is 3.51. The Bertz CT molecular complexity index is 542. The summed E-state index contributed by atoms with van der Waals surface area (Å²) in [6, 6.07) is 1.87. The second kappa shape index (κ2) is 7.00. The second-order valence-corrected chi connectivity index (χ2v) is 5.10. The Hall–Kier alpha value is -1.76. The molecule has 0 saturated heterocycles. The number of hydrogen-bond acceptors (Lipinski definition) is 4. The van der Waals surface area contributed by atoms with Crippen LogP contribution in [0.5, 0.6) is 0 Å². The Morgan fingerprint density at radius 1 is 1.32 bits per heavy atom. The minimum atomic E-state index is -4.59. The Morgan fingerprint density at radius 3 is 2.32 bits per heavy atom. The molecule has 2 N–H and O–H groups in total. The fraction of sp³-hybridized carbons (Fsp3) is 0.533. The number of nitrogen functional groups attached to an aromatic ring is 1. The van der Waals surface area contributed by atoms with Gasteiger partial charge in [-0.25, -0.2) is 4.79 Å². The van der Waals surface area contributed by atoms with E-state index in [4.69, 9.17) is 10.5 Å². The Labute approximate surface area is 127 Å². The molecule has 0 bridgehead atoms. The standard InChI is InChI=1S/C15H20F3NO3/c1-5-13(22-8(2)3)9-6-10(14(20)21-4)12(19)7-11(9)15(16,17)18/h6-8,13H,5,19H2,1-4H3. The predicted octanol–water partition coefficient (Wildman–Crippen LogP) is 3.95. The number of ether oxygens (including phenoxy) is 2. The highest BCUT2D eigenvalue weighted by Gasteiger charge is 2.37. The zero-order valence-corrected chi connectivity index (χ0v) is 13.0. The molecule has 124 valence electrons. The number of halogens is 3. The lowest BCUT2D eigenvalue weighted by molar-refractivity contribution is -0.140. The van der Waals surface area contributed by atoms with Crippen LogP contribution in [0.4, 0.5) is 18.9 Å². The van der Waals surface area contributed by atoms with Crippen molar-refractivity contribution in [3.63, 3.8) is 0 Å². The highest BCUT2D eigenvalue weighted by atomic mass is 19.4. The van der Waals surface area contributed by atoms with Crippen molar-refractivity contribution in [1.29, 1.82) is 0 Å². The van der Waals surface area contributed by atoms with Crippen molar-refractivity contribution < 1.29 is 27.4 Å². The second-order valence-electron chi connectivity index (χ2n) is 5.10. The van der Waals surface area contributed by atoms with Crippen LogP contribution in [0.25, 0.3) is 0 Å². The summed E-state index contributed by atoms with van der Waals surface area (Å²) in [5.74, 6) is -0.785. The average molecular weight is 319 g/mol. The lowest BCUT2D eigenvalue weighted by Gasteiger charge is -2.24. The molecule has 1 unspecified atom stereocenters. The average Bonchev–Trinajstić information content (AvgIpc) is 2.42. The van der Waals surface area contributed by atoms with Crippen molar-refractivity contribution >= 4 is 11.7 Å². The van der Waals surface area contributed by atoms with Gasteiger partial charge in [0, 0.05) is 5.69 Å². The number of anilines is 1. The monoisotopic (exact) mass is 319 g/mol. The summed E-state index contributed by atoms with van der Waals surface area (Å²) < 4.78 is 49.8. The van der Waals surface area contributed by atoms with Crippen LogP contribution in [-0.2, 0) is 15.7 Å². The van der Waals surface area contributed by atoms with Gasteiger partial charge in [-0.2, -0.15) is 13.2 Å². The smallest absolute Gasteiger partial charge is 0.416 e. The largest absolute Gasteiger partial charge is 0.465 e. The molecule has 0 saturated carbocycles. The molecule has 0 aliphatic rings. The van der Waals surface area contributed by atoms with Gasteiger partial charge in [-0.3, -0.25) is 0 Å². The van der Waals surface area contributed by atoms with E-state index in [2.05, 4.69) is 4.74 Å². The summed E-state index contributed by atoms with van der Waals surface area (Å²) in [5.41, 5.74) is 4.18. The molecule has 0 aliphatic heterocycles. The van der Waals surface area contributed by atoms with E-state index in [9.17, 15) is 18.0 Å². The molecule has 0 amide bonds. The van der Waals surface area contributed by atoms with Crippen LogP contribution in [0.1, 0.15) is 54.8 Å². The third-order valence-corrected chi connectivity index (χ3v) is 3.09. The molecule has 1 aromatic carbocycles. The zero-order chi connectivity index (χ0) is 17.1. The lowest BCUT2D eigenvalue weighted by Crippen LogP contribution is -2.19. The van der Waals surface area contributed by atoms with E-state index < -0.39 is 23.8 Å². The van der Waals surface area contributed by atoms with Crippen molar-refractivity contribution in [1.82, 2.24) is 0 Å². The third-order valence-electron chi connectivity index (χ3n) is 3.09. The molecule has 4 nitrogen and oxygen atoms in total. The van der Waals surface area contributed by atoms with Crippen LogP contribution in [0.3, 0.4) is 0 Å². The summed E-state index contributed by atoms with van der Waals surface area (Å²) in [4.78, 5) is 11.7. The van der Waals surface area contributed by atoms with Crippen LogP contribution in [0.2, 0.25) is 0 Å². The Kier molecular flexibility index (Phi) is 5.82. The van der Waals surface area contributed by atoms with E-state index in [0.717, 1.165) is 19.2 Å². The van der Waals surface area contributed by atoms with Gasteiger partial charge in [0.25, 0.3) is 0 Å². The number of benzene rings is 1. The number of rotatable bonds is 5. The first-order valence-corrected chi connectivity index (χ1v) is 6.86. The number of methoxy groups -OCH3 is 1. The first-order chi connectivity index (χ1) is 10.1. The van der Waals surface area contributed by atoms with Gasteiger partial charge in [0.2, 0.25) is 0 Å². The molecule has 22 heavy (non-hydrogen) atoms. The van der Waals surface area contributed by atoms with Gasteiger partial charge in [-0.05, 0) is 38.0 Å². The predicted molar refractivity (Wildman–Crippen MR) is 76.4 cm³/mol. The summed E-state index contributed by atoms with van der Waals surface area (Å²) >= 11 is 0. The third kappa shape index (κ3) is 4.13. The molecule has 0 radical (unpaired) electrons. The summed E-state index contributed by atoms with van der Waals surface area (Å²) in [6.07, 6.45) is -5.32. The van der Waals surface area contributed by atoms with E-state index in [0.29, 0.717) is 6.42 Å². The molecule has 7 heteroatoms. The number of carbonyl (C=O) groups excluding carboxylic acids is 1. The van der Waals surface area contributed by atoms with Crippen molar-refractivity contribution in [2.24, 2.45) is 0 Å². The normalized spacial score (nSPS) is 13.3. The van der Waals surface area contributed by atoms with Gasteiger partial charge in [-0.15, -0.1) is 0 Å². The summed E-state index contributed by atoms with van der Waals surface area (Å²) in [5, 5.41) is 0. The first kappa shape index (κ1) is 18.3. The van der Waals surface area contributed by atoms with Crippen LogP contribution in [0.15, 0.2) is 12.1 Å². The summed E-state index contributed by atoms with van der Waals surface area (Å²) in [7, 11) is 1.14. The van der Waals surface area contributed by atoms with Crippen LogP contribution >= 0.6 is 0 Å². The van der Waals surface area contributed by atoms with E-state index in [1.807, 2.05) is 0 Å². The van der Waals surface area contributed by atoms with Crippen molar-refractivity contribution in [3.05, 3.63) is 28.8 Å². The highest BCUT2D eigenvalue weighted by molar-refractivity contribution is 5.95. The maximum absolute atomic E-state index is 13.2. The molecule has 1 rings (SSSR count). The van der Waals surface area contributed by atoms with Gasteiger partial charge in [-0.1, -0.05) is 6.92 Å². The summed E-state index contributed by atoms with van der Waals surface area (Å²) in [6.45, 7) is 5.17. The van der Waals surface area contributed by atoms with Crippen LogP contribution in [0, 0.1) is 0 Å². The van der Waals surface area contributed by atoms with E-state index in [1.165, 1.54) is 0 Å². The zero-order valence-electron chi connectivity index (χ0n) is 13.0. The number of hydrogen-bond donors (Lipinski definition) is 1. The molecule has 1 aromatic rings. The topological polar surface area (TPSA) is 61.5 Å².